The van der Waals surface area contributed by atoms with Crippen LogP contribution in [0.1, 0.15) is 44.9 Å². The first-order valence-electron chi connectivity index (χ1n) is 8.09. The highest BCUT2D eigenvalue weighted by Gasteiger charge is 2.51. The van der Waals surface area contributed by atoms with Gasteiger partial charge in [0.25, 0.3) is 0 Å². The van der Waals surface area contributed by atoms with Crippen LogP contribution in [0.3, 0.4) is 0 Å². The van der Waals surface area contributed by atoms with Crippen LogP contribution in [0.25, 0.3) is 0 Å². The average Bonchev–Trinajstić information content (AvgIpc) is 2.75. The molecule has 2 aromatic rings. The van der Waals surface area contributed by atoms with Crippen LogP contribution in [-0.2, 0) is 9.31 Å². The predicted molar refractivity (Wildman–Crippen MR) is 97.7 cm³/mol. The first-order chi connectivity index (χ1) is 11.2. The van der Waals surface area contributed by atoms with Crippen molar-refractivity contribution in [2.75, 3.05) is 0 Å². The van der Waals surface area contributed by atoms with E-state index in [1.54, 1.807) is 6.07 Å². The monoisotopic (exact) mass is 344 g/mol. The van der Waals surface area contributed by atoms with E-state index in [-0.39, 0.29) is 11.2 Å². The van der Waals surface area contributed by atoms with Crippen LogP contribution in [0.2, 0.25) is 5.02 Å². The fourth-order valence-electron chi connectivity index (χ4n) is 2.69. The number of aliphatic hydroxyl groups excluding tert-OH is 1. The molecule has 0 amide bonds. The molecule has 1 atom stereocenters. The summed E-state index contributed by atoms with van der Waals surface area (Å²) in [4.78, 5) is 0. The van der Waals surface area contributed by atoms with Gasteiger partial charge < -0.3 is 14.4 Å². The lowest BCUT2D eigenvalue weighted by molar-refractivity contribution is 0.00578. The molecule has 1 saturated heterocycles. The first-order valence-corrected chi connectivity index (χ1v) is 8.47. The van der Waals surface area contributed by atoms with Gasteiger partial charge in [0.05, 0.1) is 11.2 Å². The minimum Gasteiger partial charge on any atom is -0.399 e. The Hall–Kier alpha value is -1.33. The van der Waals surface area contributed by atoms with Crippen molar-refractivity contribution in [2.24, 2.45) is 0 Å². The molecule has 1 aliphatic rings. The summed E-state index contributed by atoms with van der Waals surface area (Å²) < 4.78 is 12.1. The second-order valence-electron chi connectivity index (χ2n) is 7.18. The van der Waals surface area contributed by atoms with E-state index in [0.717, 1.165) is 11.0 Å². The highest BCUT2D eigenvalue weighted by molar-refractivity contribution is 6.62. The Bertz CT molecular complexity index is 712. The van der Waals surface area contributed by atoms with Crippen LogP contribution in [0, 0.1) is 0 Å². The first kappa shape index (κ1) is 17.5. The van der Waals surface area contributed by atoms with Crippen molar-refractivity contribution in [1.82, 2.24) is 0 Å². The maximum atomic E-state index is 10.5. The molecule has 1 aliphatic heterocycles. The molecule has 0 bridgehead atoms. The maximum absolute atomic E-state index is 10.5. The lowest BCUT2D eigenvalue weighted by atomic mass is 9.78. The number of benzene rings is 2. The Morgan fingerprint density at radius 2 is 1.46 bits per heavy atom. The SMILES string of the molecule is CC1(C)OB(c2ccc(C(O)c3ccccc3Cl)cc2)OC1(C)C. The fourth-order valence-corrected chi connectivity index (χ4v) is 2.93. The molecule has 0 aliphatic carbocycles. The van der Waals surface area contributed by atoms with Crippen LogP contribution in [0.15, 0.2) is 48.5 Å². The molecule has 0 saturated carbocycles. The number of hydrogen-bond acceptors (Lipinski definition) is 3. The van der Waals surface area contributed by atoms with Gasteiger partial charge in [-0.15, -0.1) is 0 Å². The van der Waals surface area contributed by atoms with E-state index in [1.165, 1.54) is 0 Å². The van der Waals surface area contributed by atoms with E-state index in [0.29, 0.717) is 10.6 Å². The molecule has 5 heteroatoms. The zero-order valence-electron chi connectivity index (χ0n) is 14.4. The normalized spacial score (nSPS) is 20.2. The molecule has 24 heavy (non-hydrogen) atoms. The van der Waals surface area contributed by atoms with Gasteiger partial charge in [-0.25, -0.2) is 0 Å². The summed E-state index contributed by atoms with van der Waals surface area (Å²) in [5.74, 6) is 0. The van der Waals surface area contributed by atoms with Gasteiger partial charge in [0.15, 0.2) is 0 Å². The van der Waals surface area contributed by atoms with Crippen molar-refractivity contribution in [3.8, 4) is 0 Å². The number of aliphatic hydroxyl groups is 1. The number of halogens is 1. The fraction of sp³-hybridized carbons (Fsp3) is 0.368. The van der Waals surface area contributed by atoms with Crippen molar-refractivity contribution in [3.05, 3.63) is 64.7 Å². The minimum atomic E-state index is -0.758. The molecule has 1 unspecified atom stereocenters. The van der Waals surface area contributed by atoms with Crippen LogP contribution in [-0.4, -0.2) is 23.4 Å². The third kappa shape index (κ3) is 3.12. The third-order valence-corrected chi connectivity index (χ3v) is 5.32. The van der Waals surface area contributed by atoms with Gasteiger partial charge in [0.1, 0.15) is 6.10 Å². The van der Waals surface area contributed by atoms with Gasteiger partial charge in [-0.1, -0.05) is 54.1 Å². The molecule has 1 heterocycles. The van der Waals surface area contributed by atoms with Crippen LogP contribution < -0.4 is 5.46 Å². The van der Waals surface area contributed by atoms with E-state index >= 15 is 0 Å². The quantitative estimate of drug-likeness (QED) is 0.863. The van der Waals surface area contributed by atoms with E-state index in [1.807, 2.05) is 70.2 Å². The Kier molecular flexibility index (Phi) is 4.52. The molecule has 0 aromatic heterocycles. The summed E-state index contributed by atoms with van der Waals surface area (Å²) in [6, 6.07) is 14.9. The summed E-state index contributed by atoms with van der Waals surface area (Å²) in [7, 11) is -0.401. The summed E-state index contributed by atoms with van der Waals surface area (Å²) >= 11 is 6.17. The maximum Gasteiger partial charge on any atom is 0.494 e. The van der Waals surface area contributed by atoms with Gasteiger partial charge in [0, 0.05) is 10.6 Å². The molecule has 126 valence electrons. The van der Waals surface area contributed by atoms with Gasteiger partial charge in [-0.3, -0.25) is 0 Å². The number of rotatable bonds is 3. The minimum absolute atomic E-state index is 0.368. The largest absolute Gasteiger partial charge is 0.494 e. The molecule has 3 nitrogen and oxygen atoms in total. The van der Waals surface area contributed by atoms with Gasteiger partial charge in [-0.05, 0) is 44.8 Å². The molecular formula is C19H22BClO3. The van der Waals surface area contributed by atoms with E-state index in [9.17, 15) is 5.11 Å². The van der Waals surface area contributed by atoms with Crippen molar-refractivity contribution < 1.29 is 14.4 Å². The lowest BCUT2D eigenvalue weighted by Crippen LogP contribution is -2.41. The lowest BCUT2D eigenvalue weighted by Gasteiger charge is -2.32. The third-order valence-electron chi connectivity index (χ3n) is 4.98. The molecule has 1 N–H and O–H groups in total. The molecule has 2 aromatic carbocycles. The molecule has 1 fully saturated rings. The number of hydrogen-bond donors (Lipinski definition) is 1. The summed E-state index contributed by atoms with van der Waals surface area (Å²) in [6.07, 6.45) is -0.758. The van der Waals surface area contributed by atoms with E-state index in [4.69, 9.17) is 20.9 Å². The summed E-state index contributed by atoms with van der Waals surface area (Å²) in [6.45, 7) is 8.12. The molecule has 0 radical (unpaired) electrons. The molecule has 0 spiro atoms. The highest BCUT2D eigenvalue weighted by atomic mass is 35.5. The zero-order valence-corrected chi connectivity index (χ0v) is 15.2. The Morgan fingerprint density at radius 3 is 2.00 bits per heavy atom. The van der Waals surface area contributed by atoms with Crippen LogP contribution in [0.4, 0.5) is 0 Å². The Balaban J connectivity index is 1.81. The van der Waals surface area contributed by atoms with Crippen molar-refractivity contribution in [2.45, 2.75) is 45.0 Å². The summed E-state index contributed by atoms with van der Waals surface area (Å²) in [5, 5.41) is 11.1. The van der Waals surface area contributed by atoms with Crippen LogP contribution >= 0.6 is 11.6 Å². The zero-order chi connectivity index (χ0) is 17.5. The van der Waals surface area contributed by atoms with Gasteiger partial charge >= 0.3 is 7.12 Å². The average molecular weight is 345 g/mol. The summed E-state index contributed by atoms with van der Waals surface area (Å²) in [5.41, 5.74) is 1.68. The highest BCUT2D eigenvalue weighted by Crippen LogP contribution is 2.36. The second-order valence-corrected chi connectivity index (χ2v) is 7.59. The van der Waals surface area contributed by atoms with Crippen molar-refractivity contribution in [1.29, 1.82) is 0 Å². The van der Waals surface area contributed by atoms with Gasteiger partial charge in [0.2, 0.25) is 0 Å². The molecular weight excluding hydrogens is 322 g/mol. The van der Waals surface area contributed by atoms with Gasteiger partial charge in [-0.2, -0.15) is 0 Å². The van der Waals surface area contributed by atoms with E-state index in [2.05, 4.69) is 0 Å². The van der Waals surface area contributed by atoms with Crippen molar-refractivity contribution in [3.63, 3.8) is 0 Å². The second kappa shape index (κ2) is 6.19. The predicted octanol–water partition coefficient (Wildman–Crippen LogP) is 3.72. The van der Waals surface area contributed by atoms with Crippen LogP contribution in [0.5, 0.6) is 0 Å². The smallest absolute Gasteiger partial charge is 0.399 e. The Labute approximate surface area is 148 Å². The standard InChI is InChI=1S/C19H22BClO3/c1-18(2)19(3,4)24-20(23-18)14-11-9-13(10-12-14)17(22)15-7-5-6-8-16(15)21/h5-12,17,22H,1-4H3. The van der Waals surface area contributed by atoms with Crippen molar-refractivity contribution >= 4 is 24.2 Å². The van der Waals surface area contributed by atoms with E-state index < -0.39 is 13.2 Å². The topological polar surface area (TPSA) is 38.7 Å². The molecule has 3 rings (SSSR count). The Morgan fingerprint density at radius 1 is 0.917 bits per heavy atom.